The molecule has 4 heteroatoms. The first-order valence-electron chi connectivity index (χ1n) is 8.16. The van der Waals surface area contributed by atoms with Crippen LogP contribution in [0.25, 0.3) is 0 Å². The Morgan fingerprint density at radius 1 is 1.10 bits per heavy atom. The lowest BCUT2D eigenvalue weighted by molar-refractivity contribution is 0.0872. The van der Waals surface area contributed by atoms with E-state index in [1.165, 1.54) is 55.7 Å². The summed E-state index contributed by atoms with van der Waals surface area (Å²) in [7, 11) is 0. The van der Waals surface area contributed by atoms with E-state index in [4.69, 9.17) is 0 Å². The molecule has 20 heavy (non-hydrogen) atoms. The number of hydrogen-bond donors (Lipinski definition) is 0. The van der Waals surface area contributed by atoms with Crippen molar-refractivity contribution in [3.63, 3.8) is 0 Å². The zero-order chi connectivity index (χ0) is 13.5. The smallest absolute Gasteiger partial charge is 0.135 e. The highest BCUT2D eigenvalue weighted by atomic mass is 15.3. The highest BCUT2D eigenvalue weighted by molar-refractivity contribution is 5.52. The minimum atomic E-state index is 0.748. The molecule has 0 radical (unpaired) electrons. The molecule has 1 aromatic heterocycles. The van der Waals surface area contributed by atoms with Crippen LogP contribution < -0.4 is 4.90 Å². The molecule has 0 unspecified atom stereocenters. The number of aryl methyl sites for hydroxylation is 1. The fraction of sp³-hybridized carbons (Fsp3) is 0.750. The first-order valence-corrected chi connectivity index (χ1v) is 8.16. The van der Waals surface area contributed by atoms with Crippen LogP contribution in [0.5, 0.6) is 0 Å². The van der Waals surface area contributed by atoms with Crippen LogP contribution in [0.15, 0.2) is 6.33 Å². The molecule has 3 heterocycles. The number of aromatic nitrogens is 2. The van der Waals surface area contributed by atoms with Crippen LogP contribution in [-0.2, 0) is 12.8 Å². The van der Waals surface area contributed by atoms with E-state index < -0.39 is 0 Å². The summed E-state index contributed by atoms with van der Waals surface area (Å²) in [5.74, 6) is 1.23. The summed E-state index contributed by atoms with van der Waals surface area (Å²) < 4.78 is 0. The Labute approximate surface area is 121 Å². The van der Waals surface area contributed by atoms with Crippen LogP contribution in [0.1, 0.15) is 43.9 Å². The average Bonchev–Trinajstić information content (AvgIpc) is 2.88. The predicted octanol–water partition coefficient (Wildman–Crippen LogP) is 2.03. The normalized spacial score (nSPS) is 27.4. The number of piperidine rings is 1. The largest absolute Gasteiger partial charge is 0.353 e. The zero-order valence-electron chi connectivity index (χ0n) is 12.4. The molecule has 1 aliphatic carbocycles. The molecule has 1 aromatic rings. The SMILES string of the molecule is C[C@@H]1CCCCN1C1CN(c2ncnc3c2CCC3)C1. The molecule has 0 spiro atoms. The average molecular weight is 272 g/mol. The standard InChI is InChI=1S/C16H24N4/c1-12-5-2-3-8-20(12)13-9-19(10-13)16-14-6-4-7-15(14)17-11-18-16/h11-13H,2-10H2,1H3/t12-/m1/s1. The monoisotopic (exact) mass is 272 g/mol. The number of rotatable bonds is 2. The molecular formula is C16H24N4. The second kappa shape index (κ2) is 4.99. The van der Waals surface area contributed by atoms with Crippen molar-refractivity contribution in [2.75, 3.05) is 24.5 Å². The van der Waals surface area contributed by atoms with Crippen molar-refractivity contribution in [2.24, 2.45) is 0 Å². The predicted molar refractivity (Wildman–Crippen MR) is 80.1 cm³/mol. The van der Waals surface area contributed by atoms with Crippen molar-refractivity contribution in [1.82, 2.24) is 14.9 Å². The van der Waals surface area contributed by atoms with Crippen LogP contribution in [0, 0.1) is 0 Å². The molecule has 4 nitrogen and oxygen atoms in total. The Morgan fingerprint density at radius 2 is 2.00 bits per heavy atom. The molecule has 0 aromatic carbocycles. The van der Waals surface area contributed by atoms with Crippen molar-refractivity contribution in [3.05, 3.63) is 17.6 Å². The molecule has 0 amide bonds. The van der Waals surface area contributed by atoms with Gasteiger partial charge in [-0.3, -0.25) is 4.90 Å². The van der Waals surface area contributed by atoms with E-state index >= 15 is 0 Å². The minimum Gasteiger partial charge on any atom is -0.353 e. The number of likely N-dealkylation sites (tertiary alicyclic amines) is 1. The van der Waals surface area contributed by atoms with E-state index in [1.807, 2.05) is 0 Å². The third kappa shape index (κ3) is 2.01. The summed E-state index contributed by atoms with van der Waals surface area (Å²) >= 11 is 0. The van der Waals surface area contributed by atoms with Gasteiger partial charge in [0.2, 0.25) is 0 Å². The molecule has 4 rings (SSSR count). The van der Waals surface area contributed by atoms with Gasteiger partial charge in [0, 0.05) is 36.4 Å². The Kier molecular flexibility index (Phi) is 3.14. The summed E-state index contributed by atoms with van der Waals surface area (Å²) in [6.45, 7) is 6.01. The van der Waals surface area contributed by atoms with Gasteiger partial charge >= 0.3 is 0 Å². The highest BCUT2D eigenvalue weighted by Gasteiger charge is 2.37. The molecule has 0 saturated carbocycles. The Morgan fingerprint density at radius 3 is 2.85 bits per heavy atom. The van der Waals surface area contributed by atoms with Gasteiger partial charge in [0.1, 0.15) is 12.1 Å². The molecule has 2 saturated heterocycles. The second-order valence-electron chi connectivity index (χ2n) is 6.62. The van der Waals surface area contributed by atoms with Gasteiger partial charge in [-0.1, -0.05) is 6.42 Å². The molecule has 2 fully saturated rings. The van der Waals surface area contributed by atoms with Gasteiger partial charge in [0.15, 0.2) is 0 Å². The summed E-state index contributed by atoms with van der Waals surface area (Å²) in [5, 5.41) is 0. The Hall–Kier alpha value is -1.16. The lowest BCUT2D eigenvalue weighted by Crippen LogP contribution is -2.62. The topological polar surface area (TPSA) is 32.3 Å². The maximum Gasteiger partial charge on any atom is 0.135 e. The van der Waals surface area contributed by atoms with Crippen molar-refractivity contribution >= 4 is 5.82 Å². The van der Waals surface area contributed by atoms with E-state index in [0.29, 0.717) is 0 Å². The van der Waals surface area contributed by atoms with Crippen molar-refractivity contribution in [3.8, 4) is 0 Å². The number of anilines is 1. The zero-order valence-corrected chi connectivity index (χ0v) is 12.4. The Bertz CT molecular complexity index is 495. The fourth-order valence-corrected chi connectivity index (χ4v) is 4.12. The molecule has 0 bridgehead atoms. The maximum atomic E-state index is 4.57. The van der Waals surface area contributed by atoms with Crippen LogP contribution in [0.2, 0.25) is 0 Å². The number of nitrogens with zero attached hydrogens (tertiary/aromatic N) is 4. The van der Waals surface area contributed by atoms with Gasteiger partial charge in [0.05, 0.1) is 0 Å². The molecule has 0 N–H and O–H groups in total. The van der Waals surface area contributed by atoms with E-state index in [1.54, 1.807) is 6.33 Å². The second-order valence-corrected chi connectivity index (χ2v) is 6.62. The lowest BCUT2D eigenvalue weighted by atomic mass is 9.97. The molecule has 3 aliphatic rings. The van der Waals surface area contributed by atoms with Crippen molar-refractivity contribution in [1.29, 1.82) is 0 Å². The first-order chi connectivity index (χ1) is 9.83. The minimum absolute atomic E-state index is 0.748. The molecule has 1 atom stereocenters. The molecule has 2 aliphatic heterocycles. The molecular weight excluding hydrogens is 248 g/mol. The third-order valence-corrected chi connectivity index (χ3v) is 5.34. The number of fused-ring (bicyclic) bond motifs is 1. The van der Waals surface area contributed by atoms with E-state index in [0.717, 1.165) is 31.6 Å². The van der Waals surface area contributed by atoms with Gasteiger partial charge in [-0.25, -0.2) is 9.97 Å². The van der Waals surface area contributed by atoms with E-state index in [9.17, 15) is 0 Å². The van der Waals surface area contributed by atoms with Gasteiger partial charge in [0.25, 0.3) is 0 Å². The number of hydrogen-bond acceptors (Lipinski definition) is 4. The van der Waals surface area contributed by atoms with Crippen LogP contribution in [0.4, 0.5) is 5.82 Å². The first kappa shape index (κ1) is 12.6. The van der Waals surface area contributed by atoms with Crippen molar-refractivity contribution < 1.29 is 0 Å². The van der Waals surface area contributed by atoms with Gasteiger partial charge in [-0.15, -0.1) is 0 Å². The highest BCUT2D eigenvalue weighted by Crippen LogP contribution is 2.32. The Balaban J connectivity index is 1.45. The van der Waals surface area contributed by atoms with Crippen LogP contribution in [-0.4, -0.2) is 46.6 Å². The third-order valence-electron chi connectivity index (χ3n) is 5.34. The molecule has 108 valence electrons. The summed E-state index contributed by atoms with van der Waals surface area (Å²) in [4.78, 5) is 14.2. The summed E-state index contributed by atoms with van der Waals surface area (Å²) in [6, 6.07) is 1.52. The van der Waals surface area contributed by atoms with Gasteiger partial charge < -0.3 is 4.90 Å². The van der Waals surface area contributed by atoms with Crippen LogP contribution >= 0.6 is 0 Å². The maximum absolute atomic E-state index is 4.57. The van der Waals surface area contributed by atoms with E-state index in [-0.39, 0.29) is 0 Å². The summed E-state index contributed by atoms with van der Waals surface area (Å²) in [5.41, 5.74) is 2.72. The van der Waals surface area contributed by atoms with Gasteiger partial charge in [-0.05, 0) is 45.6 Å². The summed E-state index contributed by atoms with van der Waals surface area (Å²) in [6.07, 6.45) is 9.49. The fourth-order valence-electron chi connectivity index (χ4n) is 4.12. The van der Waals surface area contributed by atoms with Gasteiger partial charge in [-0.2, -0.15) is 0 Å². The quantitative estimate of drug-likeness (QED) is 0.824. The van der Waals surface area contributed by atoms with E-state index in [2.05, 4.69) is 26.7 Å². The lowest BCUT2D eigenvalue weighted by Gasteiger charge is -2.50. The van der Waals surface area contributed by atoms with Crippen molar-refractivity contribution in [2.45, 2.75) is 57.5 Å². The van der Waals surface area contributed by atoms with Crippen LogP contribution in [0.3, 0.4) is 0 Å².